The highest BCUT2D eigenvalue weighted by Gasteiger charge is 2.46. The number of hydrogen-bond acceptors (Lipinski definition) is 3. The van der Waals surface area contributed by atoms with Gasteiger partial charge in [-0.2, -0.15) is 0 Å². The van der Waals surface area contributed by atoms with Crippen LogP contribution in [0.2, 0.25) is 0 Å². The molecule has 0 spiro atoms. The summed E-state index contributed by atoms with van der Waals surface area (Å²) >= 11 is 0. The van der Waals surface area contributed by atoms with E-state index in [1.807, 2.05) is 0 Å². The largest absolute Gasteiger partial charge is 0.396 e. The molecule has 1 fully saturated rings. The summed E-state index contributed by atoms with van der Waals surface area (Å²) in [4.78, 5) is 22.4. The van der Waals surface area contributed by atoms with E-state index in [0.717, 1.165) is 0 Å². The Kier molecular flexibility index (Phi) is 1.84. The molecule has 11 heavy (non-hydrogen) atoms. The van der Waals surface area contributed by atoms with Crippen molar-refractivity contribution >= 4 is 11.6 Å². The van der Waals surface area contributed by atoms with Crippen LogP contribution in [0.25, 0.3) is 0 Å². The predicted octanol–water partition coefficient (Wildman–Crippen LogP) is 0.163. The number of carbonyl (C=O) groups is 2. The van der Waals surface area contributed by atoms with Crippen LogP contribution in [0.5, 0.6) is 0 Å². The van der Waals surface area contributed by atoms with Crippen molar-refractivity contribution in [3.05, 3.63) is 0 Å². The zero-order valence-corrected chi connectivity index (χ0v) is 6.76. The Labute approximate surface area is 65.4 Å². The van der Waals surface area contributed by atoms with Crippen LogP contribution in [-0.2, 0) is 9.59 Å². The van der Waals surface area contributed by atoms with Crippen molar-refractivity contribution in [2.75, 3.05) is 6.61 Å². The Morgan fingerprint density at radius 1 is 1.55 bits per heavy atom. The second kappa shape index (κ2) is 2.41. The maximum absolute atomic E-state index is 11.3. The molecule has 0 amide bonds. The average Bonchev–Trinajstić information content (AvgIpc) is 2.14. The first-order chi connectivity index (χ1) is 5.00. The Hall–Kier alpha value is -0.700. The lowest BCUT2D eigenvalue weighted by Crippen LogP contribution is -2.27. The van der Waals surface area contributed by atoms with Crippen molar-refractivity contribution < 1.29 is 14.7 Å². The van der Waals surface area contributed by atoms with Crippen molar-refractivity contribution in [2.24, 2.45) is 11.3 Å². The highest BCUT2D eigenvalue weighted by atomic mass is 16.3. The number of aliphatic hydroxyl groups is 1. The lowest BCUT2D eigenvalue weighted by molar-refractivity contribution is -0.133. The molecule has 1 saturated carbocycles. The summed E-state index contributed by atoms with van der Waals surface area (Å²) in [6.07, 6.45) is 0.211. The first kappa shape index (κ1) is 8.40. The summed E-state index contributed by atoms with van der Waals surface area (Å²) in [5.74, 6) is -0.621. The van der Waals surface area contributed by atoms with Crippen LogP contribution < -0.4 is 0 Å². The molecule has 1 unspecified atom stereocenters. The fraction of sp³-hybridized carbons (Fsp3) is 0.750. The van der Waals surface area contributed by atoms with Crippen LogP contribution in [0.15, 0.2) is 0 Å². The third-order valence-corrected chi connectivity index (χ3v) is 2.34. The lowest BCUT2D eigenvalue weighted by Gasteiger charge is -2.12. The molecule has 0 bridgehead atoms. The van der Waals surface area contributed by atoms with E-state index < -0.39 is 11.3 Å². The molecule has 0 radical (unpaired) electrons. The van der Waals surface area contributed by atoms with E-state index in [1.165, 1.54) is 0 Å². The molecule has 1 N–H and O–H groups in total. The molecule has 3 nitrogen and oxygen atoms in total. The number of Topliss-reactive ketones (excluding diaryl/α,β-unsaturated/α-hetero) is 2. The fourth-order valence-electron chi connectivity index (χ4n) is 1.37. The molecule has 0 aromatic carbocycles. The van der Waals surface area contributed by atoms with Gasteiger partial charge in [0.1, 0.15) is 5.78 Å². The quantitative estimate of drug-likeness (QED) is 0.550. The maximum atomic E-state index is 11.3. The van der Waals surface area contributed by atoms with Crippen LogP contribution >= 0.6 is 0 Å². The van der Waals surface area contributed by atoms with Gasteiger partial charge in [0.2, 0.25) is 0 Å². The van der Waals surface area contributed by atoms with Gasteiger partial charge in [0.05, 0.1) is 12.0 Å². The van der Waals surface area contributed by atoms with E-state index in [4.69, 9.17) is 5.11 Å². The first-order valence-electron chi connectivity index (χ1n) is 3.68. The second-order valence-electron chi connectivity index (χ2n) is 3.50. The van der Waals surface area contributed by atoms with Crippen LogP contribution in [0.1, 0.15) is 20.3 Å². The second-order valence-corrected chi connectivity index (χ2v) is 3.50. The van der Waals surface area contributed by atoms with E-state index in [1.54, 1.807) is 13.8 Å². The smallest absolute Gasteiger partial charge is 0.151 e. The molecule has 1 rings (SSSR count). The fourth-order valence-corrected chi connectivity index (χ4v) is 1.37. The minimum Gasteiger partial charge on any atom is -0.396 e. The number of carbonyl (C=O) groups excluding carboxylic acids is 2. The van der Waals surface area contributed by atoms with Gasteiger partial charge in [-0.25, -0.2) is 0 Å². The van der Waals surface area contributed by atoms with Crippen LogP contribution in [0.3, 0.4) is 0 Å². The average molecular weight is 156 g/mol. The van der Waals surface area contributed by atoms with Gasteiger partial charge in [-0.15, -0.1) is 0 Å². The normalized spacial score (nSPS) is 29.5. The van der Waals surface area contributed by atoms with Gasteiger partial charge in [-0.05, 0) is 13.8 Å². The van der Waals surface area contributed by atoms with E-state index in [-0.39, 0.29) is 24.6 Å². The molecule has 0 heterocycles. The number of hydrogen-bond donors (Lipinski definition) is 1. The number of rotatable bonds is 1. The Morgan fingerprint density at radius 2 is 2.09 bits per heavy atom. The molecule has 62 valence electrons. The molecule has 1 atom stereocenters. The highest BCUT2D eigenvalue weighted by molar-refractivity contribution is 6.13. The molecular formula is C8H12O3. The zero-order chi connectivity index (χ0) is 8.65. The van der Waals surface area contributed by atoms with Crippen molar-refractivity contribution in [3.63, 3.8) is 0 Å². The minimum absolute atomic E-state index is 0.0541. The predicted molar refractivity (Wildman–Crippen MR) is 39.0 cm³/mol. The molecule has 1 aliphatic rings. The van der Waals surface area contributed by atoms with Crippen LogP contribution in [-0.4, -0.2) is 23.3 Å². The van der Waals surface area contributed by atoms with Gasteiger partial charge in [0, 0.05) is 12.3 Å². The van der Waals surface area contributed by atoms with Gasteiger partial charge in [0.25, 0.3) is 0 Å². The van der Waals surface area contributed by atoms with Crippen molar-refractivity contribution in [3.8, 4) is 0 Å². The summed E-state index contributed by atoms with van der Waals surface area (Å²) in [6.45, 7) is 3.04. The Bertz CT molecular complexity index is 205. The van der Waals surface area contributed by atoms with Gasteiger partial charge < -0.3 is 5.11 Å². The molecule has 3 heteroatoms. The molecule has 0 aromatic heterocycles. The van der Waals surface area contributed by atoms with E-state index >= 15 is 0 Å². The summed E-state index contributed by atoms with van der Waals surface area (Å²) in [6, 6.07) is 0. The zero-order valence-electron chi connectivity index (χ0n) is 6.76. The molecule has 0 aliphatic heterocycles. The highest BCUT2D eigenvalue weighted by Crippen LogP contribution is 2.33. The van der Waals surface area contributed by atoms with Crippen molar-refractivity contribution in [2.45, 2.75) is 20.3 Å². The van der Waals surface area contributed by atoms with Crippen LogP contribution in [0, 0.1) is 11.3 Å². The Balaban J connectivity index is 2.89. The summed E-state index contributed by atoms with van der Waals surface area (Å²) in [5.41, 5.74) is -0.854. The topological polar surface area (TPSA) is 54.4 Å². The number of aliphatic hydroxyl groups excluding tert-OH is 1. The summed E-state index contributed by atoms with van der Waals surface area (Å²) in [5, 5.41) is 8.71. The summed E-state index contributed by atoms with van der Waals surface area (Å²) in [7, 11) is 0. The van der Waals surface area contributed by atoms with Gasteiger partial charge >= 0.3 is 0 Å². The van der Waals surface area contributed by atoms with Gasteiger partial charge in [-0.3, -0.25) is 9.59 Å². The first-order valence-corrected chi connectivity index (χ1v) is 3.68. The maximum Gasteiger partial charge on any atom is 0.151 e. The standard InChI is InChI=1S/C8H12O3/c1-8(2)6(10)3-5(4-9)7(8)11/h5,9H,3-4H2,1-2H3. The third-order valence-electron chi connectivity index (χ3n) is 2.34. The third kappa shape index (κ3) is 1.09. The number of ketones is 2. The molecule has 0 saturated heterocycles. The monoisotopic (exact) mass is 156 g/mol. The minimum atomic E-state index is -0.854. The molecular weight excluding hydrogens is 144 g/mol. The van der Waals surface area contributed by atoms with E-state index in [9.17, 15) is 9.59 Å². The summed E-state index contributed by atoms with van der Waals surface area (Å²) < 4.78 is 0. The van der Waals surface area contributed by atoms with E-state index in [2.05, 4.69) is 0 Å². The van der Waals surface area contributed by atoms with Gasteiger partial charge in [0.15, 0.2) is 5.78 Å². The van der Waals surface area contributed by atoms with Crippen molar-refractivity contribution in [1.82, 2.24) is 0 Å². The SMILES string of the molecule is CC1(C)C(=O)CC(CO)C1=O. The Morgan fingerprint density at radius 3 is 2.27 bits per heavy atom. The van der Waals surface area contributed by atoms with E-state index in [0.29, 0.717) is 0 Å². The lowest BCUT2D eigenvalue weighted by atomic mass is 9.88. The van der Waals surface area contributed by atoms with Crippen molar-refractivity contribution in [1.29, 1.82) is 0 Å². The molecule has 0 aromatic rings. The van der Waals surface area contributed by atoms with Crippen LogP contribution in [0.4, 0.5) is 0 Å². The molecule has 1 aliphatic carbocycles. The van der Waals surface area contributed by atoms with Gasteiger partial charge in [-0.1, -0.05) is 0 Å².